The molecule has 0 aliphatic carbocycles. The highest BCUT2D eigenvalue weighted by atomic mass is 19.4. The third-order valence-corrected chi connectivity index (χ3v) is 6.44. The van der Waals surface area contributed by atoms with Crippen LogP contribution in [0.5, 0.6) is 0 Å². The summed E-state index contributed by atoms with van der Waals surface area (Å²) in [4.78, 5) is 27.5. The number of rotatable bonds is 6. The van der Waals surface area contributed by atoms with Crippen molar-refractivity contribution in [2.45, 2.75) is 44.4 Å². The summed E-state index contributed by atoms with van der Waals surface area (Å²) in [5.41, 5.74) is 0.544. The number of hydrogen-bond acceptors (Lipinski definition) is 5. The summed E-state index contributed by atoms with van der Waals surface area (Å²) in [5.74, 6) is -0.316. The van der Waals surface area contributed by atoms with E-state index in [0.29, 0.717) is 44.0 Å². The average molecular weight is 476 g/mol. The lowest BCUT2D eigenvalue weighted by molar-refractivity contribution is -0.385. The maximum atomic E-state index is 13.0. The number of piperidine rings is 1. The van der Waals surface area contributed by atoms with Gasteiger partial charge in [-0.3, -0.25) is 19.8 Å². The largest absolute Gasteiger partial charge is 0.416 e. The molecule has 2 saturated heterocycles. The number of benzene rings is 2. The Morgan fingerprint density at radius 3 is 2.41 bits per heavy atom. The lowest BCUT2D eigenvalue weighted by Gasteiger charge is -2.33. The topological polar surface area (TPSA) is 78.7 Å². The second kappa shape index (κ2) is 10.0. The van der Waals surface area contributed by atoms with Gasteiger partial charge in [-0.05, 0) is 49.4 Å². The molecule has 2 aromatic carbocycles. The molecule has 1 N–H and O–H groups in total. The minimum absolute atomic E-state index is 0.0962. The zero-order chi connectivity index (χ0) is 24.3. The number of carbonyl (C=O) groups is 1. The van der Waals surface area contributed by atoms with Gasteiger partial charge in [0, 0.05) is 50.5 Å². The van der Waals surface area contributed by atoms with Crippen LogP contribution in [0, 0.1) is 10.1 Å². The van der Waals surface area contributed by atoms with Gasteiger partial charge in [-0.1, -0.05) is 18.2 Å². The summed E-state index contributed by atoms with van der Waals surface area (Å²) >= 11 is 0. The molecule has 0 aromatic heterocycles. The smallest absolute Gasteiger partial charge is 0.382 e. The molecule has 7 nitrogen and oxygen atoms in total. The normalized spacial score (nSPS) is 17.7. The van der Waals surface area contributed by atoms with Crippen LogP contribution in [0.4, 0.5) is 24.5 Å². The molecule has 2 fully saturated rings. The van der Waals surface area contributed by atoms with Gasteiger partial charge in [0.25, 0.3) is 11.6 Å². The number of halogens is 3. The molecular weight excluding hydrogens is 449 g/mol. The van der Waals surface area contributed by atoms with Crippen LogP contribution >= 0.6 is 0 Å². The van der Waals surface area contributed by atoms with Gasteiger partial charge in [-0.2, -0.15) is 13.2 Å². The number of anilines is 1. The number of likely N-dealkylation sites (tertiary alicyclic amines) is 2. The SMILES string of the molecule is O=C(c1cc(NC2CCN(Cc3cccc(C(F)(F)F)c3)CC2)ccc1[N+](=O)[O-])N1CCCC1. The summed E-state index contributed by atoms with van der Waals surface area (Å²) < 4.78 is 38.9. The van der Waals surface area contributed by atoms with Crippen LogP contribution in [0.15, 0.2) is 42.5 Å². The van der Waals surface area contributed by atoms with E-state index in [-0.39, 0.29) is 23.2 Å². The first kappa shape index (κ1) is 24.0. The van der Waals surface area contributed by atoms with E-state index in [1.807, 2.05) is 0 Å². The van der Waals surface area contributed by atoms with Crippen LogP contribution in [0.2, 0.25) is 0 Å². The lowest BCUT2D eigenvalue weighted by Crippen LogP contribution is -2.38. The van der Waals surface area contributed by atoms with E-state index in [0.717, 1.165) is 31.7 Å². The van der Waals surface area contributed by atoms with E-state index in [9.17, 15) is 28.1 Å². The van der Waals surface area contributed by atoms with E-state index in [1.165, 1.54) is 18.2 Å². The van der Waals surface area contributed by atoms with Crippen molar-refractivity contribution in [3.63, 3.8) is 0 Å². The highest BCUT2D eigenvalue weighted by molar-refractivity contribution is 5.99. The summed E-state index contributed by atoms with van der Waals surface area (Å²) in [7, 11) is 0. The van der Waals surface area contributed by atoms with Crippen LogP contribution in [0.25, 0.3) is 0 Å². The highest BCUT2D eigenvalue weighted by Gasteiger charge is 2.31. The monoisotopic (exact) mass is 476 g/mol. The fraction of sp³-hybridized carbons (Fsp3) is 0.458. The van der Waals surface area contributed by atoms with Crippen molar-refractivity contribution in [2.75, 3.05) is 31.5 Å². The van der Waals surface area contributed by atoms with Gasteiger partial charge in [0.2, 0.25) is 0 Å². The Bertz CT molecular complexity index is 1050. The standard InChI is InChI=1S/C24H27F3N4O3/c25-24(26,27)18-5-3-4-17(14-18)16-29-12-8-19(9-13-29)28-20-6-7-22(31(33)34)21(15-20)23(32)30-10-1-2-11-30/h3-7,14-15,19,28H,1-2,8-13,16H2. The van der Waals surface area contributed by atoms with E-state index < -0.39 is 16.7 Å². The molecule has 2 aliphatic heterocycles. The Morgan fingerprint density at radius 2 is 1.76 bits per heavy atom. The molecule has 0 unspecified atom stereocenters. The molecular formula is C24H27F3N4O3. The summed E-state index contributed by atoms with van der Waals surface area (Å²) in [5, 5.41) is 14.8. The minimum Gasteiger partial charge on any atom is -0.382 e. The third-order valence-electron chi connectivity index (χ3n) is 6.44. The molecule has 0 saturated carbocycles. The molecule has 10 heteroatoms. The van der Waals surface area contributed by atoms with Crippen LogP contribution < -0.4 is 5.32 Å². The van der Waals surface area contributed by atoms with Crippen molar-refractivity contribution < 1.29 is 22.9 Å². The summed E-state index contributed by atoms with van der Waals surface area (Å²) in [6.45, 7) is 3.08. The molecule has 0 spiro atoms. The summed E-state index contributed by atoms with van der Waals surface area (Å²) in [6, 6.07) is 10.1. The number of hydrogen-bond donors (Lipinski definition) is 1. The van der Waals surface area contributed by atoms with Gasteiger partial charge in [0.05, 0.1) is 10.5 Å². The molecule has 182 valence electrons. The second-order valence-corrected chi connectivity index (χ2v) is 8.88. The van der Waals surface area contributed by atoms with E-state index in [1.54, 1.807) is 23.1 Å². The molecule has 0 atom stereocenters. The number of nitrogens with zero attached hydrogens (tertiary/aromatic N) is 3. The van der Waals surface area contributed by atoms with Crippen molar-refractivity contribution in [3.05, 3.63) is 69.3 Å². The lowest BCUT2D eigenvalue weighted by atomic mass is 10.0. The van der Waals surface area contributed by atoms with Crippen molar-refractivity contribution in [1.82, 2.24) is 9.80 Å². The predicted octanol–water partition coefficient (Wildman–Crippen LogP) is 4.93. The first-order valence-corrected chi connectivity index (χ1v) is 11.4. The van der Waals surface area contributed by atoms with Gasteiger partial charge in [0.15, 0.2) is 0 Å². The maximum absolute atomic E-state index is 13.0. The first-order valence-electron chi connectivity index (χ1n) is 11.4. The highest BCUT2D eigenvalue weighted by Crippen LogP contribution is 2.30. The molecule has 34 heavy (non-hydrogen) atoms. The van der Waals surface area contributed by atoms with Crippen molar-refractivity contribution in [2.24, 2.45) is 0 Å². The van der Waals surface area contributed by atoms with Crippen LogP contribution in [-0.4, -0.2) is 52.9 Å². The Balaban J connectivity index is 1.37. The maximum Gasteiger partial charge on any atom is 0.416 e. The minimum atomic E-state index is -4.35. The fourth-order valence-electron chi connectivity index (χ4n) is 4.62. The molecule has 0 radical (unpaired) electrons. The van der Waals surface area contributed by atoms with Crippen molar-refractivity contribution in [3.8, 4) is 0 Å². The van der Waals surface area contributed by atoms with Gasteiger partial charge in [0.1, 0.15) is 5.56 Å². The third kappa shape index (κ3) is 5.67. The van der Waals surface area contributed by atoms with Gasteiger partial charge in [-0.15, -0.1) is 0 Å². The Labute approximate surface area is 195 Å². The molecule has 2 aliphatic rings. The number of nitrogens with one attached hydrogen (secondary N) is 1. The van der Waals surface area contributed by atoms with Crippen LogP contribution in [-0.2, 0) is 12.7 Å². The summed E-state index contributed by atoms with van der Waals surface area (Å²) in [6.07, 6.45) is -1.02. The Morgan fingerprint density at radius 1 is 1.06 bits per heavy atom. The molecule has 4 rings (SSSR count). The van der Waals surface area contributed by atoms with Gasteiger partial charge >= 0.3 is 6.18 Å². The number of carbonyl (C=O) groups excluding carboxylic acids is 1. The molecule has 2 aromatic rings. The predicted molar refractivity (Wildman–Crippen MR) is 122 cm³/mol. The van der Waals surface area contributed by atoms with E-state index in [2.05, 4.69) is 10.2 Å². The number of alkyl halides is 3. The molecule has 2 heterocycles. The van der Waals surface area contributed by atoms with Crippen LogP contribution in [0.3, 0.4) is 0 Å². The second-order valence-electron chi connectivity index (χ2n) is 8.88. The quantitative estimate of drug-likeness (QED) is 0.473. The zero-order valence-electron chi connectivity index (χ0n) is 18.7. The van der Waals surface area contributed by atoms with E-state index >= 15 is 0 Å². The van der Waals surface area contributed by atoms with Crippen molar-refractivity contribution in [1.29, 1.82) is 0 Å². The first-order chi connectivity index (χ1) is 16.2. The fourth-order valence-corrected chi connectivity index (χ4v) is 4.62. The number of nitro benzene ring substituents is 1. The zero-order valence-corrected chi connectivity index (χ0v) is 18.7. The van der Waals surface area contributed by atoms with E-state index in [4.69, 9.17) is 0 Å². The number of nitro groups is 1. The molecule has 1 amide bonds. The van der Waals surface area contributed by atoms with Gasteiger partial charge in [-0.25, -0.2) is 0 Å². The Kier molecular flexibility index (Phi) is 7.06. The Hall–Kier alpha value is -3.14. The van der Waals surface area contributed by atoms with Gasteiger partial charge < -0.3 is 10.2 Å². The van der Waals surface area contributed by atoms with Crippen LogP contribution in [0.1, 0.15) is 47.2 Å². The molecule has 0 bridgehead atoms. The average Bonchev–Trinajstić information content (AvgIpc) is 3.34. The number of amides is 1. The van der Waals surface area contributed by atoms with Crippen molar-refractivity contribution >= 4 is 17.3 Å².